The Bertz CT molecular complexity index is 1120. The fourth-order valence-electron chi connectivity index (χ4n) is 3.55. The summed E-state index contributed by atoms with van der Waals surface area (Å²) in [6.45, 7) is 0. The highest BCUT2D eigenvalue weighted by Crippen LogP contribution is 2.42. The lowest BCUT2D eigenvalue weighted by atomic mass is 9.95. The van der Waals surface area contributed by atoms with Crippen LogP contribution in [0.2, 0.25) is 0 Å². The molecule has 1 N–H and O–H groups in total. The van der Waals surface area contributed by atoms with Crippen molar-refractivity contribution in [2.75, 3.05) is 12.0 Å². The molecule has 3 aromatic carbocycles. The van der Waals surface area contributed by atoms with Crippen molar-refractivity contribution in [1.29, 1.82) is 0 Å². The minimum absolute atomic E-state index is 0.0596. The number of benzene rings is 3. The summed E-state index contributed by atoms with van der Waals surface area (Å²) >= 11 is 3.41. The first-order valence-electron chi connectivity index (χ1n) is 9.27. The summed E-state index contributed by atoms with van der Waals surface area (Å²) in [6, 6.07) is 22.2. The van der Waals surface area contributed by atoms with Crippen LogP contribution in [0, 0.1) is 0 Å². The van der Waals surface area contributed by atoms with Crippen LogP contribution in [0.1, 0.15) is 17.2 Å². The third-order valence-corrected chi connectivity index (χ3v) is 5.56. The molecule has 1 aliphatic rings. The fourth-order valence-corrected chi connectivity index (χ4v) is 3.82. The molecule has 0 saturated carbocycles. The molecule has 30 heavy (non-hydrogen) atoms. The molecule has 1 unspecified atom stereocenters. The predicted molar refractivity (Wildman–Crippen MR) is 118 cm³/mol. The summed E-state index contributed by atoms with van der Waals surface area (Å²) in [5.41, 5.74) is 1.79. The number of Topliss-reactive ketones (excluding diaryl/α,β-unsaturated/α-hetero) is 1. The molecule has 3 aromatic rings. The van der Waals surface area contributed by atoms with Gasteiger partial charge in [-0.15, -0.1) is 0 Å². The number of rotatable bonds is 4. The molecule has 6 heteroatoms. The third kappa shape index (κ3) is 3.50. The normalized spacial score (nSPS) is 17.9. The van der Waals surface area contributed by atoms with Gasteiger partial charge >= 0.3 is 0 Å². The van der Waals surface area contributed by atoms with Crippen molar-refractivity contribution < 1.29 is 19.4 Å². The number of ether oxygens (including phenoxy) is 1. The maximum atomic E-state index is 13.0. The molecule has 0 bridgehead atoms. The van der Waals surface area contributed by atoms with Crippen LogP contribution >= 0.6 is 15.9 Å². The first kappa shape index (κ1) is 19.9. The standard InChI is InChI=1S/C24H18BrNO4/c1-30-19-13-11-18(12-14-19)26-21(15-7-9-17(25)10-8-15)20(23(28)24(26)29)22(27)16-5-3-2-4-6-16/h2-14,21,27H,1H3/b22-20-. The Morgan fingerprint density at radius 1 is 0.933 bits per heavy atom. The Labute approximate surface area is 182 Å². The third-order valence-electron chi connectivity index (χ3n) is 5.03. The molecule has 1 saturated heterocycles. The molecule has 1 atom stereocenters. The summed E-state index contributed by atoms with van der Waals surface area (Å²) in [6.07, 6.45) is 0. The Balaban J connectivity index is 1.92. The maximum absolute atomic E-state index is 13.0. The van der Waals surface area contributed by atoms with E-state index < -0.39 is 17.7 Å². The minimum Gasteiger partial charge on any atom is -0.507 e. The maximum Gasteiger partial charge on any atom is 0.300 e. The van der Waals surface area contributed by atoms with Crippen molar-refractivity contribution >= 4 is 39.1 Å². The second-order valence-electron chi connectivity index (χ2n) is 6.78. The second kappa shape index (κ2) is 8.16. The van der Waals surface area contributed by atoms with E-state index >= 15 is 0 Å². The van der Waals surface area contributed by atoms with Gasteiger partial charge in [0.05, 0.1) is 18.7 Å². The van der Waals surface area contributed by atoms with Crippen molar-refractivity contribution in [3.63, 3.8) is 0 Å². The molecule has 1 aliphatic heterocycles. The molecular formula is C24H18BrNO4. The Morgan fingerprint density at radius 3 is 2.17 bits per heavy atom. The number of aliphatic hydroxyl groups is 1. The zero-order chi connectivity index (χ0) is 21.3. The van der Waals surface area contributed by atoms with Gasteiger partial charge in [0.25, 0.3) is 11.7 Å². The molecule has 1 amide bonds. The average molecular weight is 464 g/mol. The van der Waals surface area contributed by atoms with Gasteiger partial charge in [-0.25, -0.2) is 0 Å². The van der Waals surface area contributed by atoms with E-state index in [-0.39, 0.29) is 11.3 Å². The van der Waals surface area contributed by atoms with E-state index in [1.807, 2.05) is 30.3 Å². The van der Waals surface area contributed by atoms with Crippen molar-refractivity contribution in [3.05, 3.63) is 100 Å². The van der Waals surface area contributed by atoms with E-state index in [1.165, 1.54) is 4.90 Å². The van der Waals surface area contributed by atoms with Crippen LogP contribution < -0.4 is 9.64 Å². The van der Waals surface area contributed by atoms with Crippen LogP contribution in [-0.4, -0.2) is 23.9 Å². The first-order chi connectivity index (χ1) is 14.5. The van der Waals surface area contributed by atoms with Crippen LogP contribution in [0.5, 0.6) is 5.75 Å². The van der Waals surface area contributed by atoms with E-state index in [0.29, 0.717) is 22.6 Å². The van der Waals surface area contributed by atoms with Gasteiger partial charge in [-0.05, 0) is 42.0 Å². The molecule has 4 rings (SSSR count). The van der Waals surface area contributed by atoms with Crippen molar-refractivity contribution in [2.45, 2.75) is 6.04 Å². The van der Waals surface area contributed by atoms with E-state index in [0.717, 1.165) is 4.47 Å². The summed E-state index contributed by atoms with van der Waals surface area (Å²) in [5.74, 6) is -0.969. The SMILES string of the molecule is COc1ccc(N2C(=O)C(=O)/C(=C(\O)c3ccccc3)C2c2ccc(Br)cc2)cc1. The quantitative estimate of drug-likeness (QED) is 0.332. The highest BCUT2D eigenvalue weighted by molar-refractivity contribution is 9.10. The molecule has 0 radical (unpaired) electrons. The lowest BCUT2D eigenvalue weighted by Crippen LogP contribution is -2.29. The lowest BCUT2D eigenvalue weighted by molar-refractivity contribution is -0.132. The molecule has 1 fully saturated rings. The summed E-state index contributed by atoms with van der Waals surface area (Å²) in [7, 11) is 1.56. The van der Waals surface area contributed by atoms with Crippen LogP contribution in [0.25, 0.3) is 5.76 Å². The monoisotopic (exact) mass is 463 g/mol. The van der Waals surface area contributed by atoms with Crippen molar-refractivity contribution in [3.8, 4) is 5.75 Å². The van der Waals surface area contributed by atoms with Crippen molar-refractivity contribution in [1.82, 2.24) is 0 Å². The highest BCUT2D eigenvalue weighted by atomic mass is 79.9. The first-order valence-corrected chi connectivity index (χ1v) is 10.1. The van der Waals surface area contributed by atoms with E-state index in [9.17, 15) is 14.7 Å². The molecule has 0 aromatic heterocycles. The molecular weight excluding hydrogens is 446 g/mol. The smallest absolute Gasteiger partial charge is 0.300 e. The summed E-state index contributed by atoms with van der Waals surface area (Å²) in [4.78, 5) is 27.5. The number of methoxy groups -OCH3 is 1. The second-order valence-corrected chi connectivity index (χ2v) is 7.70. The number of anilines is 1. The largest absolute Gasteiger partial charge is 0.507 e. The van der Waals surface area contributed by atoms with Gasteiger partial charge < -0.3 is 9.84 Å². The van der Waals surface area contributed by atoms with Crippen LogP contribution in [-0.2, 0) is 9.59 Å². The topological polar surface area (TPSA) is 66.8 Å². The van der Waals surface area contributed by atoms with E-state index in [2.05, 4.69) is 15.9 Å². The number of nitrogens with zero attached hydrogens (tertiary/aromatic N) is 1. The number of ketones is 1. The van der Waals surface area contributed by atoms with Gasteiger partial charge in [0.2, 0.25) is 0 Å². The number of hydrogen-bond acceptors (Lipinski definition) is 4. The lowest BCUT2D eigenvalue weighted by Gasteiger charge is -2.25. The number of carbonyl (C=O) groups excluding carboxylic acids is 2. The minimum atomic E-state index is -0.758. The van der Waals surface area contributed by atoms with Gasteiger partial charge in [0.1, 0.15) is 11.5 Å². The number of hydrogen-bond donors (Lipinski definition) is 1. The van der Waals surface area contributed by atoms with E-state index in [4.69, 9.17) is 4.74 Å². The van der Waals surface area contributed by atoms with Gasteiger partial charge in [0, 0.05) is 15.7 Å². The Morgan fingerprint density at radius 2 is 1.57 bits per heavy atom. The average Bonchev–Trinajstić information content (AvgIpc) is 3.05. The molecule has 0 aliphatic carbocycles. The number of aliphatic hydroxyl groups excluding tert-OH is 1. The van der Waals surface area contributed by atoms with E-state index in [1.54, 1.807) is 55.6 Å². The number of halogens is 1. The zero-order valence-corrected chi connectivity index (χ0v) is 17.7. The fraction of sp³-hybridized carbons (Fsp3) is 0.0833. The van der Waals surface area contributed by atoms with Crippen LogP contribution in [0.4, 0.5) is 5.69 Å². The summed E-state index contributed by atoms with van der Waals surface area (Å²) < 4.78 is 6.07. The van der Waals surface area contributed by atoms with Crippen LogP contribution in [0.15, 0.2) is 88.9 Å². The Hall–Kier alpha value is -3.38. The van der Waals surface area contributed by atoms with Crippen LogP contribution in [0.3, 0.4) is 0 Å². The molecule has 150 valence electrons. The zero-order valence-electron chi connectivity index (χ0n) is 16.1. The van der Waals surface area contributed by atoms with Crippen molar-refractivity contribution in [2.24, 2.45) is 0 Å². The van der Waals surface area contributed by atoms with Gasteiger partial charge in [0.15, 0.2) is 0 Å². The number of carbonyl (C=O) groups is 2. The van der Waals surface area contributed by atoms with Gasteiger partial charge in [-0.1, -0.05) is 58.4 Å². The number of amides is 1. The molecule has 0 spiro atoms. The molecule has 1 heterocycles. The van der Waals surface area contributed by atoms with Gasteiger partial charge in [-0.2, -0.15) is 0 Å². The molecule has 5 nitrogen and oxygen atoms in total. The summed E-state index contributed by atoms with van der Waals surface area (Å²) in [5, 5.41) is 11.0. The Kier molecular flexibility index (Phi) is 5.42. The predicted octanol–water partition coefficient (Wildman–Crippen LogP) is 5.08. The highest BCUT2D eigenvalue weighted by Gasteiger charge is 2.46. The van der Waals surface area contributed by atoms with Gasteiger partial charge in [-0.3, -0.25) is 14.5 Å².